The molecule has 0 aliphatic heterocycles. The Morgan fingerprint density at radius 3 is 1.96 bits per heavy atom. The van der Waals surface area contributed by atoms with Crippen LogP contribution in [0.4, 0.5) is 17.1 Å². The highest BCUT2D eigenvalue weighted by Crippen LogP contribution is 2.45. The SMILES string of the molecule is [2H]c1c([2H])c([2H])c2c(N(c3ccc(-c4cccc5oc6c7ccccc7ccc6c45)cc3)c3ccccc3-c3ccc(-c4ccccc4)cc3)c([2H])c([2H])c([2H])c2c1[2H]. The summed E-state index contributed by atoms with van der Waals surface area (Å²) in [5.74, 6) is 0. The molecule has 2 heteroatoms. The van der Waals surface area contributed by atoms with Gasteiger partial charge in [-0.25, -0.2) is 0 Å². The Hall–Kier alpha value is -6.90. The van der Waals surface area contributed by atoms with Crippen molar-refractivity contribution in [3.05, 3.63) is 200 Å². The van der Waals surface area contributed by atoms with Crippen LogP contribution in [0.15, 0.2) is 204 Å². The van der Waals surface area contributed by atoms with Gasteiger partial charge in [0.1, 0.15) is 11.2 Å². The number of hydrogen-bond donors (Lipinski definition) is 0. The number of para-hydroxylation sites is 1. The Morgan fingerprint density at radius 1 is 0.404 bits per heavy atom. The summed E-state index contributed by atoms with van der Waals surface area (Å²) in [4.78, 5) is 1.80. The van der Waals surface area contributed by atoms with Crippen molar-refractivity contribution in [3.8, 4) is 33.4 Å². The molecule has 0 radical (unpaired) electrons. The highest BCUT2D eigenvalue weighted by Gasteiger charge is 2.20. The van der Waals surface area contributed by atoms with E-state index >= 15 is 0 Å². The molecule has 244 valence electrons. The number of nitrogens with zero attached hydrogens (tertiary/aromatic N) is 1. The van der Waals surface area contributed by atoms with E-state index in [1.165, 1.54) is 0 Å². The van der Waals surface area contributed by atoms with Gasteiger partial charge in [0.2, 0.25) is 0 Å². The maximum Gasteiger partial charge on any atom is 0.143 e. The first kappa shape index (κ1) is 23.5. The normalized spacial score (nSPS) is 13.3. The number of benzene rings is 9. The molecule has 0 bridgehead atoms. The van der Waals surface area contributed by atoms with Gasteiger partial charge in [-0.15, -0.1) is 0 Å². The van der Waals surface area contributed by atoms with Gasteiger partial charge >= 0.3 is 0 Å². The van der Waals surface area contributed by atoms with Crippen molar-refractivity contribution in [2.75, 3.05) is 4.90 Å². The van der Waals surface area contributed by atoms with E-state index in [1.54, 1.807) is 4.90 Å². The van der Waals surface area contributed by atoms with Crippen LogP contribution in [0.1, 0.15) is 9.60 Å². The molecule has 2 nitrogen and oxygen atoms in total. The van der Waals surface area contributed by atoms with Gasteiger partial charge in [-0.05, 0) is 75.0 Å². The Bertz CT molecular complexity index is 3280. The average molecular weight is 671 g/mol. The zero-order valence-electron chi connectivity index (χ0n) is 34.9. The summed E-state index contributed by atoms with van der Waals surface area (Å²) in [7, 11) is 0. The van der Waals surface area contributed by atoms with Crippen LogP contribution < -0.4 is 4.90 Å². The first-order valence-corrected chi connectivity index (χ1v) is 17.2. The van der Waals surface area contributed by atoms with Crippen LogP contribution in [-0.4, -0.2) is 0 Å². The second-order valence-electron chi connectivity index (χ2n) is 12.8. The predicted octanol–water partition coefficient (Wildman–Crippen LogP) is 14.4. The summed E-state index contributed by atoms with van der Waals surface area (Å²) < 4.78 is 68.8. The molecule has 0 aliphatic carbocycles. The minimum Gasteiger partial charge on any atom is -0.455 e. The Balaban J connectivity index is 1.20. The lowest BCUT2D eigenvalue weighted by molar-refractivity contribution is 0.673. The van der Waals surface area contributed by atoms with Crippen molar-refractivity contribution in [1.29, 1.82) is 0 Å². The maximum absolute atomic E-state index is 9.41. The van der Waals surface area contributed by atoms with E-state index in [1.807, 2.05) is 103 Å². The van der Waals surface area contributed by atoms with E-state index in [9.17, 15) is 1.37 Å². The molecule has 1 heterocycles. The van der Waals surface area contributed by atoms with Crippen LogP contribution in [0.3, 0.4) is 0 Å². The summed E-state index contributed by atoms with van der Waals surface area (Å²) in [5.41, 5.74) is 8.61. The van der Waals surface area contributed by atoms with Crippen LogP contribution in [0.2, 0.25) is 0 Å². The second kappa shape index (κ2) is 12.5. The molecule has 10 aromatic rings. The van der Waals surface area contributed by atoms with Gasteiger partial charge in [-0.3, -0.25) is 0 Å². The maximum atomic E-state index is 9.41. The van der Waals surface area contributed by atoms with E-state index in [4.69, 9.17) is 12.6 Å². The van der Waals surface area contributed by atoms with E-state index < -0.39 is 30.2 Å². The zero-order valence-corrected chi connectivity index (χ0v) is 27.9. The lowest BCUT2D eigenvalue weighted by Crippen LogP contribution is -2.11. The standard InChI is InChI=1S/C50H33NO/c1-2-12-34(13-3-1)35-24-26-38(27-25-35)42-18-8-9-21-46(42)51(47-22-10-16-36-14-4-6-17-41(36)47)40-31-28-39(29-32-40)43-20-11-23-48-49(43)45-33-30-37-15-5-7-19-44(37)50(45)52-48/h1-33H/i4D,6D,10D,14D,16D,17D,22D. The molecule has 0 aliphatic rings. The molecule has 0 saturated heterocycles. The van der Waals surface area contributed by atoms with Crippen molar-refractivity contribution in [2.45, 2.75) is 0 Å². The first-order valence-electron chi connectivity index (χ1n) is 20.7. The van der Waals surface area contributed by atoms with Gasteiger partial charge in [0, 0.05) is 32.8 Å². The molecule has 0 saturated carbocycles. The van der Waals surface area contributed by atoms with Crippen molar-refractivity contribution in [3.63, 3.8) is 0 Å². The summed E-state index contributed by atoms with van der Waals surface area (Å²) in [5, 5.41) is 4.02. The van der Waals surface area contributed by atoms with Crippen molar-refractivity contribution >= 4 is 60.5 Å². The quantitative estimate of drug-likeness (QED) is 0.175. The Labute approximate surface area is 312 Å². The molecule has 0 amide bonds. The molecule has 52 heavy (non-hydrogen) atoms. The number of furan rings is 1. The summed E-state index contributed by atoms with van der Waals surface area (Å²) in [6.07, 6.45) is 0. The van der Waals surface area contributed by atoms with Gasteiger partial charge in [0.25, 0.3) is 0 Å². The molecule has 1 aromatic heterocycles. The van der Waals surface area contributed by atoms with E-state index in [2.05, 4.69) is 54.6 Å². The minimum absolute atomic E-state index is 0.00201. The zero-order chi connectivity index (χ0) is 40.5. The topological polar surface area (TPSA) is 16.4 Å². The molecule has 0 atom stereocenters. The van der Waals surface area contributed by atoms with E-state index in [-0.39, 0.29) is 28.5 Å². The van der Waals surface area contributed by atoms with E-state index in [0.29, 0.717) is 11.4 Å². The van der Waals surface area contributed by atoms with Crippen LogP contribution in [0.25, 0.3) is 76.9 Å². The Morgan fingerprint density at radius 2 is 1.08 bits per heavy atom. The summed E-state index contributed by atoms with van der Waals surface area (Å²) >= 11 is 0. The lowest BCUT2D eigenvalue weighted by Gasteiger charge is -2.29. The van der Waals surface area contributed by atoms with Crippen molar-refractivity contribution in [2.24, 2.45) is 0 Å². The summed E-state index contributed by atoms with van der Waals surface area (Å²) in [6, 6.07) is 49.3. The van der Waals surface area contributed by atoms with Gasteiger partial charge < -0.3 is 9.32 Å². The van der Waals surface area contributed by atoms with Crippen molar-refractivity contribution in [1.82, 2.24) is 0 Å². The van der Waals surface area contributed by atoms with E-state index in [0.717, 1.165) is 66.1 Å². The third-order valence-corrected chi connectivity index (χ3v) is 9.79. The Kier molecular flexibility index (Phi) is 5.63. The highest BCUT2D eigenvalue weighted by molar-refractivity contribution is 6.19. The third kappa shape index (κ3) is 5.04. The average Bonchev–Trinajstić information content (AvgIpc) is 3.68. The third-order valence-electron chi connectivity index (χ3n) is 9.79. The minimum atomic E-state index is -0.497. The lowest BCUT2D eigenvalue weighted by atomic mass is 9.96. The van der Waals surface area contributed by atoms with Gasteiger partial charge in [-0.1, -0.05) is 164 Å². The fraction of sp³-hybridized carbons (Fsp3) is 0. The monoisotopic (exact) mass is 670 g/mol. The number of hydrogen-bond acceptors (Lipinski definition) is 2. The molecule has 9 aromatic carbocycles. The molecular weight excluding hydrogens is 631 g/mol. The molecule has 10 rings (SSSR count). The molecule has 0 N–H and O–H groups in total. The van der Waals surface area contributed by atoms with Crippen molar-refractivity contribution < 1.29 is 14.0 Å². The smallest absolute Gasteiger partial charge is 0.143 e. The number of anilines is 3. The van der Waals surface area contributed by atoms with Crippen LogP contribution in [0, 0.1) is 0 Å². The molecule has 0 fully saturated rings. The fourth-order valence-corrected chi connectivity index (χ4v) is 7.33. The van der Waals surface area contributed by atoms with Crippen LogP contribution >= 0.6 is 0 Å². The predicted molar refractivity (Wildman–Crippen MR) is 220 cm³/mol. The molecular formula is C50H33NO. The summed E-state index contributed by atoms with van der Waals surface area (Å²) in [6.45, 7) is 0. The van der Waals surface area contributed by atoms with Gasteiger partial charge in [0.15, 0.2) is 0 Å². The van der Waals surface area contributed by atoms with Gasteiger partial charge in [0.05, 0.1) is 21.0 Å². The van der Waals surface area contributed by atoms with Crippen LogP contribution in [-0.2, 0) is 0 Å². The fourth-order valence-electron chi connectivity index (χ4n) is 7.33. The number of rotatable bonds is 6. The van der Waals surface area contributed by atoms with Gasteiger partial charge in [-0.2, -0.15) is 0 Å². The molecule has 0 spiro atoms. The van der Waals surface area contributed by atoms with Crippen LogP contribution in [0.5, 0.6) is 0 Å². The highest BCUT2D eigenvalue weighted by atomic mass is 16.3. The second-order valence-corrected chi connectivity index (χ2v) is 12.8. The largest absolute Gasteiger partial charge is 0.455 e. The number of fused-ring (bicyclic) bond motifs is 6. The molecule has 0 unspecified atom stereocenters. The first-order chi connectivity index (χ1) is 28.7.